The molecule has 1 N–H and O–H groups in total. The van der Waals surface area contributed by atoms with Gasteiger partial charge in [-0.15, -0.1) is 0 Å². The molecule has 0 atom stereocenters. The summed E-state index contributed by atoms with van der Waals surface area (Å²) in [5, 5.41) is 0. The summed E-state index contributed by atoms with van der Waals surface area (Å²) >= 11 is 0. The van der Waals surface area contributed by atoms with Gasteiger partial charge in [-0.25, -0.2) is 0 Å². The molecule has 7 heteroatoms. The minimum absolute atomic E-state index is 0.0259. The zero-order valence-corrected chi connectivity index (χ0v) is 15.7. The highest BCUT2D eigenvalue weighted by Gasteiger charge is 2.25. The summed E-state index contributed by atoms with van der Waals surface area (Å²) in [6.07, 6.45) is 2.42. The van der Waals surface area contributed by atoms with E-state index in [1.807, 2.05) is 29.3 Å². The molecule has 1 aromatic carbocycles. The second-order valence-corrected chi connectivity index (χ2v) is 6.49. The molecule has 0 unspecified atom stereocenters. The number of methoxy groups -OCH3 is 2. The van der Waals surface area contributed by atoms with E-state index in [4.69, 9.17) is 9.47 Å². The van der Waals surface area contributed by atoms with E-state index in [-0.39, 0.29) is 18.2 Å². The van der Waals surface area contributed by atoms with Gasteiger partial charge in [0.05, 0.1) is 27.1 Å². The average molecular weight is 371 g/mol. The van der Waals surface area contributed by atoms with Crippen LogP contribution >= 0.6 is 0 Å². The Morgan fingerprint density at radius 1 is 0.963 bits per heavy atom. The standard InChI is InChI=1S/C20H25N3O4/c1-26-17-5-6-18(27-2)15(12-17)13-19(24)22-8-10-23(11-9-22)20(25)14-16-4-3-7-21-16/h3-7,12,21H,8-11,13-14H2,1-2H3. The molecule has 27 heavy (non-hydrogen) atoms. The monoisotopic (exact) mass is 371 g/mol. The number of rotatable bonds is 6. The Labute approximate surface area is 158 Å². The molecule has 2 amide bonds. The Morgan fingerprint density at radius 3 is 2.19 bits per heavy atom. The highest BCUT2D eigenvalue weighted by Crippen LogP contribution is 2.25. The van der Waals surface area contributed by atoms with Gasteiger partial charge in [-0.2, -0.15) is 0 Å². The summed E-state index contributed by atoms with van der Waals surface area (Å²) in [7, 11) is 3.18. The fourth-order valence-electron chi connectivity index (χ4n) is 3.25. The molecule has 7 nitrogen and oxygen atoms in total. The average Bonchev–Trinajstić information content (AvgIpc) is 3.21. The third-order valence-corrected chi connectivity index (χ3v) is 4.82. The van der Waals surface area contributed by atoms with Gasteiger partial charge in [0.15, 0.2) is 0 Å². The second kappa shape index (κ2) is 8.62. The molecule has 1 aliphatic rings. The molecule has 0 bridgehead atoms. The second-order valence-electron chi connectivity index (χ2n) is 6.49. The maximum atomic E-state index is 12.7. The molecule has 0 aliphatic carbocycles. The number of benzene rings is 1. The van der Waals surface area contributed by atoms with Gasteiger partial charge in [-0.1, -0.05) is 0 Å². The molecule has 0 saturated carbocycles. The molecule has 2 aromatic rings. The number of hydrogen-bond acceptors (Lipinski definition) is 4. The SMILES string of the molecule is COc1ccc(OC)c(CC(=O)N2CCN(C(=O)Cc3ccc[nH]3)CC2)c1. The predicted molar refractivity (Wildman–Crippen MR) is 101 cm³/mol. The van der Waals surface area contributed by atoms with Crippen LogP contribution in [-0.2, 0) is 22.4 Å². The van der Waals surface area contributed by atoms with Crippen molar-refractivity contribution in [2.45, 2.75) is 12.8 Å². The van der Waals surface area contributed by atoms with Crippen molar-refractivity contribution < 1.29 is 19.1 Å². The Balaban J connectivity index is 1.55. The van der Waals surface area contributed by atoms with E-state index in [1.54, 1.807) is 31.3 Å². The van der Waals surface area contributed by atoms with Crippen molar-refractivity contribution in [2.75, 3.05) is 40.4 Å². The summed E-state index contributed by atoms with van der Waals surface area (Å²) in [5.41, 5.74) is 1.70. The van der Waals surface area contributed by atoms with Crippen LogP contribution in [0.2, 0.25) is 0 Å². The molecule has 1 saturated heterocycles. The van der Waals surface area contributed by atoms with Crippen LogP contribution in [0.15, 0.2) is 36.5 Å². The van der Waals surface area contributed by atoms with Crippen LogP contribution in [0, 0.1) is 0 Å². The van der Waals surface area contributed by atoms with Crippen LogP contribution in [0.5, 0.6) is 11.5 Å². The molecular weight excluding hydrogens is 346 g/mol. The van der Waals surface area contributed by atoms with E-state index in [0.717, 1.165) is 11.3 Å². The lowest BCUT2D eigenvalue weighted by Crippen LogP contribution is -2.51. The lowest BCUT2D eigenvalue weighted by molar-refractivity contribution is -0.138. The number of amides is 2. The van der Waals surface area contributed by atoms with Crippen LogP contribution in [0.1, 0.15) is 11.3 Å². The zero-order chi connectivity index (χ0) is 19.2. The minimum atomic E-state index is 0.0259. The van der Waals surface area contributed by atoms with E-state index in [2.05, 4.69) is 4.98 Å². The summed E-state index contributed by atoms with van der Waals surface area (Å²) in [6, 6.07) is 9.22. The summed E-state index contributed by atoms with van der Waals surface area (Å²) in [5.74, 6) is 1.47. The van der Waals surface area contributed by atoms with Crippen LogP contribution in [0.4, 0.5) is 0 Å². The van der Waals surface area contributed by atoms with Crippen molar-refractivity contribution in [1.29, 1.82) is 0 Å². The molecule has 1 aliphatic heterocycles. The first kappa shape index (κ1) is 18.8. The molecule has 0 radical (unpaired) electrons. The number of H-pyrrole nitrogens is 1. The van der Waals surface area contributed by atoms with E-state index in [1.165, 1.54) is 0 Å². The van der Waals surface area contributed by atoms with Crippen molar-refractivity contribution in [1.82, 2.24) is 14.8 Å². The number of aromatic amines is 1. The zero-order valence-electron chi connectivity index (χ0n) is 15.7. The molecule has 144 valence electrons. The van der Waals surface area contributed by atoms with Gasteiger partial charge >= 0.3 is 0 Å². The van der Waals surface area contributed by atoms with E-state index in [0.29, 0.717) is 44.1 Å². The van der Waals surface area contributed by atoms with E-state index in [9.17, 15) is 9.59 Å². The van der Waals surface area contributed by atoms with Crippen LogP contribution < -0.4 is 9.47 Å². The maximum Gasteiger partial charge on any atom is 0.228 e. The van der Waals surface area contributed by atoms with Crippen molar-refractivity contribution in [3.05, 3.63) is 47.8 Å². The lowest BCUT2D eigenvalue weighted by Gasteiger charge is -2.35. The van der Waals surface area contributed by atoms with Gasteiger partial charge in [-0.3, -0.25) is 9.59 Å². The summed E-state index contributed by atoms with van der Waals surface area (Å²) < 4.78 is 10.6. The number of aromatic nitrogens is 1. The highest BCUT2D eigenvalue weighted by molar-refractivity contribution is 5.81. The molecule has 1 fully saturated rings. The Hall–Kier alpha value is -2.96. The first-order valence-corrected chi connectivity index (χ1v) is 8.99. The van der Waals surface area contributed by atoms with Crippen molar-refractivity contribution >= 4 is 11.8 Å². The number of carbonyl (C=O) groups excluding carboxylic acids is 2. The first-order chi connectivity index (χ1) is 13.1. The number of piperazine rings is 1. The van der Waals surface area contributed by atoms with Crippen molar-refractivity contribution in [3.8, 4) is 11.5 Å². The maximum absolute atomic E-state index is 12.7. The van der Waals surface area contributed by atoms with Crippen LogP contribution in [0.25, 0.3) is 0 Å². The topological polar surface area (TPSA) is 74.9 Å². The third kappa shape index (κ3) is 4.61. The van der Waals surface area contributed by atoms with Gasteiger partial charge in [0.1, 0.15) is 11.5 Å². The van der Waals surface area contributed by atoms with Gasteiger partial charge < -0.3 is 24.3 Å². The number of ether oxygens (including phenoxy) is 2. The third-order valence-electron chi connectivity index (χ3n) is 4.82. The van der Waals surface area contributed by atoms with Crippen molar-refractivity contribution in [3.63, 3.8) is 0 Å². The molecule has 0 spiro atoms. The van der Waals surface area contributed by atoms with Gasteiger partial charge in [0, 0.05) is 43.6 Å². The fraction of sp³-hybridized carbons (Fsp3) is 0.400. The summed E-state index contributed by atoms with van der Waals surface area (Å²) in [6.45, 7) is 2.20. The van der Waals surface area contributed by atoms with Gasteiger partial charge in [-0.05, 0) is 30.3 Å². The molecular formula is C20H25N3O4. The van der Waals surface area contributed by atoms with E-state index < -0.39 is 0 Å². The number of carbonyl (C=O) groups is 2. The van der Waals surface area contributed by atoms with Gasteiger partial charge in [0.25, 0.3) is 0 Å². The Bertz CT molecular complexity index is 781. The Morgan fingerprint density at radius 2 is 1.63 bits per heavy atom. The van der Waals surface area contributed by atoms with E-state index >= 15 is 0 Å². The molecule has 1 aromatic heterocycles. The smallest absolute Gasteiger partial charge is 0.228 e. The quantitative estimate of drug-likeness (QED) is 0.835. The summed E-state index contributed by atoms with van der Waals surface area (Å²) in [4.78, 5) is 31.7. The normalized spacial score (nSPS) is 14.1. The molecule has 2 heterocycles. The van der Waals surface area contributed by atoms with Crippen LogP contribution in [0.3, 0.4) is 0 Å². The predicted octanol–water partition coefficient (Wildman–Crippen LogP) is 1.49. The number of hydrogen-bond donors (Lipinski definition) is 1. The first-order valence-electron chi connectivity index (χ1n) is 8.99. The van der Waals surface area contributed by atoms with Crippen LogP contribution in [-0.4, -0.2) is 67.0 Å². The number of nitrogens with one attached hydrogen (secondary N) is 1. The largest absolute Gasteiger partial charge is 0.497 e. The molecule has 3 rings (SSSR count). The lowest BCUT2D eigenvalue weighted by atomic mass is 10.1. The minimum Gasteiger partial charge on any atom is -0.497 e. The highest BCUT2D eigenvalue weighted by atomic mass is 16.5. The fourth-order valence-corrected chi connectivity index (χ4v) is 3.25. The van der Waals surface area contributed by atoms with Crippen molar-refractivity contribution in [2.24, 2.45) is 0 Å². The van der Waals surface area contributed by atoms with Gasteiger partial charge in [0.2, 0.25) is 11.8 Å². The number of nitrogens with zero attached hydrogens (tertiary/aromatic N) is 2. The Kier molecular flexibility index (Phi) is 6.01.